The van der Waals surface area contributed by atoms with E-state index in [1.54, 1.807) is 25.1 Å². The third kappa shape index (κ3) is 15.8. The average Bonchev–Trinajstić information content (AvgIpc) is 3.03. The largest absolute Gasteiger partial charge is 0.508 e. The molecule has 1 unspecified atom stereocenters. The van der Waals surface area contributed by atoms with Gasteiger partial charge < -0.3 is 30.3 Å². The summed E-state index contributed by atoms with van der Waals surface area (Å²) in [7, 11) is 0. The highest BCUT2D eigenvalue weighted by atomic mass is 19.4. The first-order valence-electron chi connectivity index (χ1n) is 19.9. The molecule has 4 rings (SSSR count). The minimum atomic E-state index is -4.98. The molecule has 2 aromatic rings. The van der Waals surface area contributed by atoms with E-state index in [0.29, 0.717) is 24.3 Å². The van der Waals surface area contributed by atoms with Crippen molar-refractivity contribution in [3.8, 4) is 23.0 Å². The van der Waals surface area contributed by atoms with E-state index in [-0.39, 0.29) is 40.2 Å². The highest BCUT2D eigenvalue weighted by molar-refractivity contribution is 5.76. The third-order valence-electron chi connectivity index (χ3n) is 10.6. The predicted molar refractivity (Wildman–Crippen MR) is 213 cm³/mol. The predicted octanol–water partition coefficient (Wildman–Crippen LogP) is 11.7. The maximum atomic E-state index is 12.1. The van der Waals surface area contributed by atoms with Crippen LogP contribution in [0.3, 0.4) is 0 Å². The lowest BCUT2D eigenvalue weighted by atomic mass is 9.65. The van der Waals surface area contributed by atoms with Gasteiger partial charge in [-0.05, 0) is 126 Å². The smallest absolute Gasteiger partial charge is 0.490 e. The number of halogens is 3. The molecule has 0 radical (unpaired) electrons. The molecule has 0 aromatic heterocycles. The van der Waals surface area contributed by atoms with Crippen molar-refractivity contribution in [2.24, 2.45) is 17.3 Å². The molecule has 55 heavy (non-hydrogen) atoms. The number of aryl methyl sites for hydroxylation is 2. The van der Waals surface area contributed by atoms with E-state index in [0.717, 1.165) is 49.7 Å². The Morgan fingerprint density at radius 2 is 1.33 bits per heavy atom. The molecule has 0 aliphatic heterocycles. The molecule has 4 atom stereocenters. The second kappa shape index (κ2) is 20.5. The first-order chi connectivity index (χ1) is 25.4. The van der Waals surface area contributed by atoms with Crippen LogP contribution in [0.1, 0.15) is 149 Å². The van der Waals surface area contributed by atoms with E-state index in [4.69, 9.17) is 0 Å². The SMILES string of the molecule is CC1(O)C=C[C@H](C(C)(C)OC(=O)C(F)(F)F)CC1.CCCCCc1cc(O)c([C@@H]2C=C(C)CC[C@H]2C(C)(C)C)c(O)c1.CCCCCc1cc(O)cc(O)c1. The number of benzene rings is 2. The van der Waals surface area contributed by atoms with Gasteiger partial charge in [0.25, 0.3) is 0 Å². The van der Waals surface area contributed by atoms with Crippen molar-refractivity contribution in [1.29, 1.82) is 0 Å². The van der Waals surface area contributed by atoms with Gasteiger partial charge in [0.2, 0.25) is 0 Å². The van der Waals surface area contributed by atoms with Crippen molar-refractivity contribution < 1.29 is 48.2 Å². The minimum Gasteiger partial charge on any atom is -0.508 e. The molecule has 0 spiro atoms. The van der Waals surface area contributed by atoms with Crippen LogP contribution in [0.2, 0.25) is 0 Å². The number of unbranched alkanes of at least 4 members (excludes halogenated alkanes) is 4. The molecule has 7 nitrogen and oxygen atoms in total. The lowest BCUT2D eigenvalue weighted by molar-refractivity contribution is -0.214. The zero-order chi connectivity index (χ0) is 41.8. The Kier molecular flexibility index (Phi) is 17.7. The van der Waals surface area contributed by atoms with Crippen LogP contribution >= 0.6 is 0 Å². The molecule has 310 valence electrons. The normalized spacial score (nSPS) is 21.4. The summed E-state index contributed by atoms with van der Waals surface area (Å²) in [5.74, 6) is -1.22. The van der Waals surface area contributed by atoms with Crippen LogP contribution in [-0.4, -0.2) is 48.9 Å². The summed E-state index contributed by atoms with van der Waals surface area (Å²) >= 11 is 0. The number of allylic oxidation sites excluding steroid dienone is 2. The minimum absolute atomic E-state index is 0.0865. The van der Waals surface area contributed by atoms with Gasteiger partial charge in [-0.2, -0.15) is 13.2 Å². The molecular formula is C45H67F3O7. The Morgan fingerprint density at radius 1 is 0.818 bits per heavy atom. The molecule has 0 bridgehead atoms. The maximum Gasteiger partial charge on any atom is 0.490 e. The first-order valence-corrected chi connectivity index (χ1v) is 19.9. The van der Waals surface area contributed by atoms with Crippen LogP contribution in [0.25, 0.3) is 0 Å². The van der Waals surface area contributed by atoms with Gasteiger partial charge in [-0.25, -0.2) is 4.79 Å². The zero-order valence-corrected chi connectivity index (χ0v) is 34.5. The van der Waals surface area contributed by atoms with E-state index < -0.39 is 23.3 Å². The standard InChI is InChI=1S/C22H34O2.C12H17F3O3.C11H16O2/c1-6-7-8-9-16-13-19(23)21(20(24)14-16)17-12-15(2)10-11-18(17)22(3,4)5;1-10(2,18-9(16)12(13,14)15)8-4-6-11(3,17)7-5-8;1-2-3-4-5-9-6-10(12)8-11(13)7-9/h12-14,17-18,23-24H,6-11H2,1-5H3;4,6,8,17H,5,7H2,1-3H3;6-8,12-13H,2-5H2,1H3/t17-,18-;8-,11?;/m10./s1. The van der Waals surface area contributed by atoms with Crippen LogP contribution in [0, 0.1) is 17.3 Å². The van der Waals surface area contributed by atoms with Crippen molar-refractivity contribution in [2.45, 2.75) is 163 Å². The van der Waals surface area contributed by atoms with Gasteiger partial charge >= 0.3 is 12.1 Å². The molecule has 2 aliphatic rings. The van der Waals surface area contributed by atoms with E-state index in [9.17, 15) is 43.5 Å². The van der Waals surface area contributed by atoms with Crippen molar-refractivity contribution in [1.82, 2.24) is 0 Å². The van der Waals surface area contributed by atoms with Gasteiger partial charge in [-0.3, -0.25) is 0 Å². The zero-order valence-electron chi connectivity index (χ0n) is 34.5. The second-order valence-corrected chi connectivity index (χ2v) is 17.2. The van der Waals surface area contributed by atoms with Crippen LogP contribution in [-0.2, 0) is 22.4 Å². The van der Waals surface area contributed by atoms with Crippen molar-refractivity contribution in [3.63, 3.8) is 0 Å². The Morgan fingerprint density at radius 3 is 1.76 bits per heavy atom. The number of phenols is 4. The van der Waals surface area contributed by atoms with Gasteiger partial charge in [-0.1, -0.05) is 84.1 Å². The molecule has 0 heterocycles. The maximum absolute atomic E-state index is 12.1. The topological polar surface area (TPSA) is 127 Å². The van der Waals surface area contributed by atoms with Crippen molar-refractivity contribution in [2.75, 3.05) is 0 Å². The van der Waals surface area contributed by atoms with Crippen LogP contribution in [0.15, 0.2) is 54.1 Å². The molecular weight excluding hydrogens is 709 g/mol. The van der Waals surface area contributed by atoms with Gasteiger partial charge in [-0.15, -0.1) is 0 Å². The molecule has 10 heteroatoms. The number of hydrogen-bond donors (Lipinski definition) is 5. The van der Waals surface area contributed by atoms with E-state index in [1.165, 1.54) is 57.2 Å². The van der Waals surface area contributed by atoms with E-state index >= 15 is 0 Å². The fraction of sp³-hybridized carbons (Fsp3) is 0.622. The van der Waals surface area contributed by atoms with E-state index in [1.807, 2.05) is 12.1 Å². The summed E-state index contributed by atoms with van der Waals surface area (Å²) in [6.45, 7) is 17.7. The van der Waals surface area contributed by atoms with Gasteiger partial charge in [0, 0.05) is 23.5 Å². The summed E-state index contributed by atoms with van der Waals surface area (Å²) in [6.07, 6.45) is 12.3. The molecule has 0 fully saturated rings. The fourth-order valence-corrected chi connectivity index (χ4v) is 7.35. The van der Waals surface area contributed by atoms with Crippen molar-refractivity contribution >= 4 is 5.97 Å². The number of ether oxygens (including phenoxy) is 1. The first kappa shape index (κ1) is 47.5. The van der Waals surface area contributed by atoms with Gasteiger partial charge in [0.1, 0.15) is 28.6 Å². The number of alkyl halides is 3. The van der Waals surface area contributed by atoms with Crippen LogP contribution in [0.5, 0.6) is 23.0 Å². The summed E-state index contributed by atoms with van der Waals surface area (Å²) in [4.78, 5) is 10.8. The number of carbonyl (C=O) groups is 1. The second-order valence-electron chi connectivity index (χ2n) is 17.2. The quantitative estimate of drug-likeness (QED) is 0.0873. The van der Waals surface area contributed by atoms with Gasteiger partial charge in [0.15, 0.2) is 0 Å². The fourth-order valence-electron chi connectivity index (χ4n) is 7.35. The van der Waals surface area contributed by atoms with Crippen LogP contribution < -0.4 is 0 Å². The molecule has 0 saturated heterocycles. The Bertz CT molecular complexity index is 1540. The number of esters is 1. The number of aliphatic hydroxyl groups is 1. The number of rotatable bonds is 11. The van der Waals surface area contributed by atoms with Crippen molar-refractivity contribution in [3.05, 3.63) is 70.8 Å². The highest BCUT2D eigenvalue weighted by Crippen LogP contribution is 2.50. The highest BCUT2D eigenvalue weighted by Gasteiger charge is 2.46. The van der Waals surface area contributed by atoms with Gasteiger partial charge in [0.05, 0.1) is 5.60 Å². The molecule has 2 aromatic carbocycles. The summed E-state index contributed by atoms with van der Waals surface area (Å²) in [5.41, 5.74) is 2.05. The lowest BCUT2D eigenvalue weighted by Gasteiger charge is -2.39. The molecule has 2 aliphatic carbocycles. The Hall–Kier alpha value is -3.66. The number of hydrogen-bond acceptors (Lipinski definition) is 7. The lowest BCUT2D eigenvalue weighted by Crippen LogP contribution is -2.42. The summed E-state index contributed by atoms with van der Waals surface area (Å²) in [5, 5.41) is 49.4. The third-order valence-corrected chi connectivity index (χ3v) is 10.6. The summed E-state index contributed by atoms with van der Waals surface area (Å²) < 4.78 is 40.9. The van der Waals surface area contributed by atoms with Crippen LogP contribution in [0.4, 0.5) is 13.2 Å². The molecule has 5 N–H and O–H groups in total. The molecule has 0 saturated carbocycles. The Labute approximate surface area is 327 Å². The molecule has 0 amide bonds. The summed E-state index contributed by atoms with van der Waals surface area (Å²) in [6, 6.07) is 8.48. The number of aromatic hydroxyl groups is 4. The van der Waals surface area contributed by atoms with E-state index in [2.05, 4.69) is 52.4 Å². The monoisotopic (exact) mass is 776 g/mol. The average molecular weight is 777 g/mol. The Balaban J connectivity index is 0.000000299. The number of phenolic OH excluding ortho intramolecular Hbond substituents is 4. The number of carbonyl (C=O) groups excluding carboxylic acids is 1.